The molecule has 216 valence electrons. The summed E-state index contributed by atoms with van der Waals surface area (Å²) >= 11 is 0. The van der Waals surface area contributed by atoms with Crippen LogP contribution in [0.5, 0.6) is 0 Å². The van der Waals surface area contributed by atoms with E-state index >= 15 is 0 Å². The molecule has 3 heterocycles. The second-order valence-electron chi connectivity index (χ2n) is 11.0. The predicted molar refractivity (Wildman–Crippen MR) is 159 cm³/mol. The van der Waals surface area contributed by atoms with Crippen LogP contribution in [0.1, 0.15) is 64.0 Å². The van der Waals surface area contributed by atoms with E-state index in [9.17, 15) is 14.4 Å². The van der Waals surface area contributed by atoms with Gasteiger partial charge in [0.25, 0.3) is 12.0 Å². The van der Waals surface area contributed by atoms with Crippen LogP contribution >= 0.6 is 0 Å². The number of hydrogen-bond donors (Lipinski definition) is 1. The topological polar surface area (TPSA) is 109 Å². The van der Waals surface area contributed by atoms with Crippen molar-refractivity contribution >= 4 is 29.2 Å². The van der Waals surface area contributed by atoms with Crippen LogP contribution in [-0.4, -0.2) is 29.2 Å². The molecule has 0 radical (unpaired) electrons. The fourth-order valence-electron chi connectivity index (χ4n) is 6.28. The Morgan fingerprint density at radius 3 is 2.60 bits per heavy atom. The number of aryl methyl sites for hydroxylation is 3. The van der Waals surface area contributed by atoms with Gasteiger partial charge in [0.15, 0.2) is 0 Å². The smallest absolute Gasteiger partial charge is 0.463 e. The lowest BCUT2D eigenvalue weighted by Crippen LogP contribution is -2.27. The van der Waals surface area contributed by atoms with Gasteiger partial charge in [0.05, 0.1) is 29.0 Å². The van der Waals surface area contributed by atoms with Gasteiger partial charge in [0.2, 0.25) is 0 Å². The molecule has 4 aromatic rings. The summed E-state index contributed by atoms with van der Waals surface area (Å²) in [5, 5.41) is 4.26. The van der Waals surface area contributed by atoms with Crippen LogP contribution in [0, 0.1) is 13.8 Å². The normalized spacial score (nSPS) is 13.7. The number of hydrogen-bond acceptors (Lipinski definition) is 8. The number of anilines is 1. The summed E-state index contributed by atoms with van der Waals surface area (Å²) < 4.78 is 17.7. The van der Waals surface area contributed by atoms with Gasteiger partial charge in [0.1, 0.15) is 19.3 Å². The van der Waals surface area contributed by atoms with E-state index in [2.05, 4.69) is 25.2 Å². The largest absolute Gasteiger partial charge is 0.509 e. The SMILES string of the molecule is CNc1ccc(COC(=O)OC(C)c2cc3n(c(=O)c2COC=O)Cc2c-3nc3cc(C)c(C)c4c3c2CCC4)cc1. The Kier molecular flexibility index (Phi) is 7.18. The Bertz CT molecular complexity index is 1790. The van der Waals surface area contributed by atoms with E-state index in [-0.39, 0.29) is 24.3 Å². The van der Waals surface area contributed by atoms with Crippen LogP contribution in [0.15, 0.2) is 41.2 Å². The van der Waals surface area contributed by atoms with E-state index in [4.69, 9.17) is 19.2 Å². The predicted octanol–water partition coefficient (Wildman–Crippen LogP) is 5.66. The van der Waals surface area contributed by atoms with Crippen molar-refractivity contribution in [2.24, 2.45) is 0 Å². The summed E-state index contributed by atoms with van der Waals surface area (Å²) in [6, 6.07) is 11.4. The van der Waals surface area contributed by atoms with Gasteiger partial charge in [-0.25, -0.2) is 9.78 Å². The van der Waals surface area contributed by atoms with Crippen molar-refractivity contribution in [1.29, 1.82) is 0 Å². The first kappa shape index (κ1) is 27.5. The minimum atomic E-state index is -0.865. The number of fused-ring (bicyclic) bond motifs is 4. The van der Waals surface area contributed by atoms with Gasteiger partial charge in [-0.15, -0.1) is 0 Å². The van der Waals surface area contributed by atoms with Gasteiger partial charge < -0.3 is 24.1 Å². The second-order valence-corrected chi connectivity index (χ2v) is 11.0. The molecular weight excluding hydrogens is 534 g/mol. The number of pyridine rings is 2. The van der Waals surface area contributed by atoms with Crippen LogP contribution in [0.25, 0.3) is 22.3 Å². The van der Waals surface area contributed by atoms with E-state index in [0.29, 0.717) is 24.3 Å². The summed E-state index contributed by atoms with van der Waals surface area (Å²) in [5.41, 5.74) is 10.7. The molecular formula is C33H33N3O6. The van der Waals surface area contributed by atoms with E-state index < -0.39 is 12.3 Å². The third-order valence-corrected chi connectivity index (χ3v) is 8.59. The Labute approximate surface area is 243 Å². The van der Waals surface area contributed by atoms with Crippen LogP contribution in [-0.2, 0) is 51.6 Å². The highest BCUT2D eigenvalue weighted by Gasteiger charge is 2.32. The monoisotopic (exact) mass is 567 g/mol. The van der Waals surface area contributed by atoms with Crippen molar-refractivity contribution in [3.63, 3.8) is 0 Å². The van der Waals surface area contributed by atoms with Crippen LogP contribution in [0.2, 0.25) is 0 Å². The first-order valence-corrected chi connectivity index (χ1v) is 14.2. The fourth-order valence-corrected chi connectivity index (χ4v) is 6.28. The highest BCUT2D eigenvalue weighted by Crippen LogP contribution is 2.42. The molecule has 1 N–H and O–H groups in total. The molecule has 1 unspecified atom stereocenters. The number of nitrogens with zero attached hydrogens (tertiary/aromatic N) is 2. The molecule has 9 nitrogen and oxygen atoms in total. The molecule has 2 aromatic heterocycles. The van der Waals surface area contributed by atoms with Gasteiger partial charge in [-0.05, 0) is 92.1 Å². The average molecular weight is 568 g/mol. The van der Waals surface area contributed by atoms with Gasteiger partial charge in [-0.3, -0.25) is 9.59 Å². The number of aromatic nitrogens is 2. The molecule has 0 bridgehead atoms. The fraction of sp³-hybridized carbons (Fsp3) is 0.333. The van der Waals surface area contributed by atoms with Crippen molar-refractivity contribution in [1.82, 2.24) is 9.55 Å². The summed E-state index contributed by atoms with van der Waals surface area (Å²) in [5.74, 6) is 0. The molecule has 1 aliphatic heterocycles. The highest BCUT2D eigenvalue weighted by molar-refractivity contribution is 5.92. The maximum Gasteiger partial charge on any atom is 0.509 e. The van der Waals surface area contributed by atoms with Crippen LogP contribution < -0.4 is 10.9 Å². The molecule has 42 heavy (non-hydrogen) atoms. The number of rotatable bonds is 8. The number of benzene rings is 2. The Morgan fingerprint density at radius 2 is 1.86 bits per heavy atom. The molecule has 0 saturated carbocycles. The van der Waals surface area contributed by atoms with E-state index in [1.54, 1.807) is 11.5 Å². The van der Waals surface area contributed by atoms with Gasteiger partial charge >= 0.3 is 6.16 Å². The van der Waals surface area contributed by atoms with E-state index in [0.717, 1.165) is 47.3 Å². The summed E-state index contributed by atoms with van der Waals surface area (Å²) in [4.78, 5) is 42.7. The molecule has 0 saturated heterocycles. The van der Waals surface area contributed by atoms with Crippen LogP contribution in [0.4, 0.5) is 10.5 Å². The average Bonchev–Trinajstić information content (AvgIpc) is 3.37. The van der Waals surface area contributed by atoms with Crippen molar-refractivity contribution in [2.75, 3.05) is 12.4 Å². The minimum Gasteiger partial charge on any atom is -0.463 e. The standard InChI is InChI=1S/C33H33N3O6/c1-18-12-28-30-23(19(18)2)6-5-7-24(30)26-14-36-29(31(26)35-28)13-25(27(32(36)38)16-40-17-37)20(3)42-33(39)41-15-21-8-10-22(34-4)11-9-21/h8-13,17,20,34H,5-7,14-16H2,1-4H3. The summed E-state index contributed by atoms with van der Waals surface area (Å²) in [7, 11) is 1.83. The molecule has 0 spiro atoms. The quantitative estimate of drug-likeness (QED) is 0.189. The molecule has 9 heteroatoms. The third-order valence-electron chi connectivity index (χ3n) is 8.59. The van der Waals surface area contributed by atoms with Crippen LogP contribution in [0.3, 0.4) is 0 Å². The van der Waals surface area contributed by atoms with Crippen molar-refractivity contribution in [2.45, 2.75) is 65.9 Å². The molecule has 0 fully saturated rings. The highest BCUT2D eigenvalue weighted by atomic mass is 16.7. The molecule has 2 aliphatic rings. The number of ether oxygens (including phenoxy) is 3. The third kappa shape index (κ3) is 4.68. The lowest BCUT2D eigenvalue weighted by atomic mass is 9.83. The molecule has 2 aromatic carbocycles. The van der Waals surface area contributed by atoms with Gasteiger partial charge in [-0.2, -0.15) is 0 Å². The van der Waals surface area contributed by atoms with Crippen molar-refractivity contribution in [3.8, 4) is 11.4 Å². The number of nitrogens with one attached hydrogen (secondary N) is 1. The Morgan fingerprint density at radius 1 is 1.10 bits per heavy atom. The van der Waals surface area contributed by atoms with Gasteiger partial charge in [-0.1, -0.05) is 12.1 Å². The first-order valence-electron chi connectivity index (χ1n) is 14.2. The molecule has 1 aliphatic carbocycles. The zero-order chi connectivity index (χ0) is 29.5. The maximum absolute atomic E-state index is 13.9. The van der Waals surface area contributed by atoms with Crippen molar-refractivity contribution in [3.05, 3.63) is 91.3 Å². The van der Waals surface area contributed by atoms with E-state index in [1.165, 1.54) is 27.6 Å². The summed E-state index contributed by atoms with van der Waals surface area (Å²) in [6.07, 6.45) is 1.29. The Balaban J connectivity index is 1.36. The number of carbonyl (C=O) groups is 2. The zero-order valence-corrected chi connectivity index (χ0v) is 24.2. The lowest BCUT2D eigenvalue weighted by Gasteiger charge is -2.22. The minimum absolute atomic E-state index is 0.0392. The maximum atomic E-state index is 13.9. The Hall–Kier alpha value is -4.66. The zero-order valence-electron chi connectivity index (χ0n) is 24.2. The second kappa shape index (κ2) is 11.0. The van der Waals surface area contributed by atoms with E-state index in [1.807, 2.05) is 37.4 Å². The first-order chi connectivity index (χ1) is 20.3. The summed E-state index contributed by atoms with van der Waals surface area (Å²) in [6.45, 7) is 6.46. The lowest BCUT2D eigenvalue weighted by molar-refractivity contribution is -0.129. The molecule has 1 atom stereocenters. The number of carbonyl (C=O) groups excluding carboxylic acids is 2. The molecule has 6 rings (SSSR count). The van der Waals surface area contributed by atoms with Crippen molar-refractivity contribution < 1.29 is 23.8 Å². The molecule has 0 amide bonds. The van der Waals surface area contributed by atoms with Gasteiger partial charge in [0, 0.05) is 29.2 Å².